The van der Waals surface area contributed by atoms with Gasteiger partial charge in [0.15, 0.2) is 11.5 Å². The molecule has 1 fully saturated rings. The molecule has 0 spiro atoms. The zero-order chi connectivity index (χ0) is 16.1. The molecule has 1 N–H and O–H groups in total. The third-order valence-electron chi connectivity index (χ3n) is 3.98. The molecule has 0 aromatic heterocycles. The lowest BCUT2D eigenvalue weighted by molar-refractivity contribution is 0.0372. The number of carbonyl (C=O) groups excluding carboxylic acids is 1. The SMILES string of the molecule is O=C(NCCCCN1CCOCC1)c1cc(Cl)c2c(c1)OCO2. The Labute approximate surface area is 140 Å². The summed E-state index contributed by atoms with van der Waals surface area (Å²) in [5.74, 6) is 0.889. The molecule has 0 atom stereocenters. The Hall–Kier alpha value is -1.50. The van der Waals surface area contributed by atoms with Crippen molar-refractivity contribution < 1.29 is 19.0 Å². The molecule has 3 rings (SSSR count). The van der Waals surface area contributed by atoms with Gasteiger partial charge in [0.05, 0.1) is 18.2 Å². The van der Waals surface area contributed by atoms with E-state index in [4.69, 9.17) is 25.8 Å². The highest BCUT2D eigenvalue weighted by molar-refractivity contribution is 6.32. The number of fused-ring (bicyclic) bond motifs is 1. The molecular weight excluding hydrogens is 320 g/mol. The van der Waals surface area contributed by atoms with Crippen molar-refractivity contribution in [2.45, 2.75) is 12.8 Å². The summed E-state index contributed by atoms with van der Waals surface area (Å²) >= 11 is 6.09. The molecule has 2 heterocycles. The smallest absolute Gasteiger partial charge is 0.251 e. The molecule has 0 radical (unpaired) electrons. The zero-order valence-corrected chi connectivity index (χ0v) is 13.7. The second-order valence-electron chi connectivity index (χ2n) is 5.61. The normalized spacial score (nSPS) is 17.3. The van der Waals surface area contributed by atoms with Crippen molar-refractivity contribution in [1.82, 2.24) is 10.2 Å². The number of nitrogens with zero attached hydrogens (tertiary/aromatic N) is 1. The highest BCUT2D eigenvalue weighted by atomic mass is 35.5. The van der Waals surface area contributed by atoms with Crippen molar-refractivity contribution in [2.75, 3.05) is 46.2 Å². The van der Waals surface area contributed by atoms with Crippen LogP contribution in [0.1, 0.15) is 23.2 Å². The van der Waals surface area contributed by atoms with Crippen molar-refractivity contribution in [3.63, 3.8) is 0 Å². The van der Waals surface area contributed by atoms with Crippen LogP contribution < -0.4 is 14.8 Å². The van der Waals surface area contributed by atoms with Crippen LogP contribution in [0.25, 0.3) is 0 Å². The van der Waals surface area contributed by atoms with Crippen LogP contribution in [0.5, 0.6) is 11.5 Å². The maximum atomic E-state index is 12.2. The van der Waals surface area contributed by atoms with Crippen molar-refractivity contribution in [2.24, 2.45) is 0 Å². The first kappa shape index (κ1) is 16.4. The van der Waals surface area contributed by atoms with Gasteiger partial charge in [0.2, 0.25) is 6.79 Å². The summed E-state index contributed by atoms with van der Waals surface area (Å²) in [6, 6.07) is 3.27. The summed E-state index contributed by atoms with van der Waals surface area (Å²) in [7, 11) is 0. The third-order valence-corrected chi connectivity index (χ3v) is 4.26. The van der Waals surface area contributed by atoms with Crippen LogP contribution in [0.15, 0.2) is 12.1 Å². The van der Waals surface area contributed by atoms with Crippen LogP contribution in [-0.4, -0.2) is 57.0 Å². The van der Waals surface area contributed by atoms with Gasteiger partial charge >= 0.3 is 0 Å². The predicted octanol–water partition coefficient (Wildman–Crippen LogP) is 1.91. The van der Waals surface area contributed by atoms with Crippen molar-refractivity contribution >= 4 is 17.5 Å². The molecule has 2 aliphatic rings. The first-order valence-corrected chi connectivity index (χ1v) is 8.29. The number of halogens is 1. The minimum absolute atomic E-state index is 0.141. The number of ether oxygens (including phenoxy) is 3. The van der Waals surface area contributed by atoms with E-state index in [1.165, 1.54) is 0 Å². The van der Waals surface area contributed by atoms with Gasteiger partial charge in [-0.1, -0.05) is 11.6 Å². The Bertz CT molecular complexity index is 561. The second-order valence-corrected chi connectivity index (χ2v) is 6.02. The minimum atomic E-state index is -0.142. The van der Waals surface area contributed by atoms with Crippen LogP contribution in [0.2, 0.25) is 5.02 Å². The number of unbranched alkanes of at least 4 members (excludes halogenated alkanes) is 1. The predicted molar refractivity (Wildman–Crippen MR) is 86.4 cm³/mol. The summed E-state index contributed by atoms with van der Waals surface area (Å²) in [6.45, 7) is 5.49. The van der Waals surface area contributed by atoms with Gasteiger partial charge in [0.25, 0.3) is 5.91 Å². The van der Waals surface area contributed by atoms with Gasteiger partial charge < -0.3 is 19.5 Å². The third kappa shape index (κ3) is 4.28. The van der Waals surface area contributed by atoms with Crippen LogP contribution in [0.3, 0.4) is 0 Å². The lowest BCUT2D eigenvalue weighted by Gasteiger charge is -2.26. The fourth-order valence-electron chi connectivity index (χ4n) is 2.69. The lowest BCUT2D eigenvalue weighted by atomic mass is 10.2. The number of benzene rings is 1. The molecule has 6 nitrogen and oxygen atoms in total. The summed E-state index contributed by atoms with van der Waals surface area (Å²) in [5.41, 5.74) is 0.493. The molecule has 1 aromatic carbocycles. The second kappa shape index (κ2) is 7.86. The standard InChI is InChI=1S/C16H21ClN2O4/c17-13-9-12(10-14-15(13)23-11-22-14)16(20)18-3-1-2-4-19-5-7-21-8-6-19/h9-10H,1-8,11H2,(H,18,20). The van der Waals surface area contributed by atoms with Crippen LogP contribution in [0.4, 0.5) is 0 Å². The first-order valence-electron chi connectivity index (χ1n) is 7.91. The number of rotatable bonds is 6. The van der Waals surface area contributed by atoms with E-state index in [2.05, 4.69) is 10.2 Å². The summed E-state index contributed by atoms with van der Waals surface area (Å²) < 4.78 is 15.8. The van der Waals surface area contributed by atoms with Gasteiger partial charge in [0, 0.05) is 25.2 Å². The average molecular weight is 341 g/mol. The van der Waals surface area contributed by atoms with Gasteiger partial charge in [-0.2, -0.15) is 0 Å². The molecule has 7 heteroatoms. The number of hydrogen-bond acceptors (Lipinski definition) is 5. The van der Waals surface area contributed by atoms with E-state index in [-0.39, 0.29) is 12.7 Å². The molecule has 126 valence electrons. The number of carbonyl (C=O) groups is 1. The molecule has 23 heavy (non-hydrogen) atoms. The molecule has 1 amide bonds. The molecular formula is C16H21ClN2O4. The maximum Gasteiger partial charge on any atom is 0.251 e. The quantitative estimate of drug-likeness (QED) is 0.802. The summed E-state index contributed by atoms with van der Waals surface area (Å²) in [5, 5.41) is 3.32. The van der Waals surface area contributed by atoms with Crippen LogP contribution in [0, 0.1) is 0 Å². The number of morpholine rings is 1. The number of hydrogen-bond donors (Lipinski definition) is 1. The Balaban J connectivity index is 1.40. The Kier molecular flexibility index (Phi) is 5.59. The molecule has 0 unspecified atom stereocenters. The van der Waals surface area contributed by atoms with Crippen molar-refractivity contribution in [3.05, 3.63) is 22.7 Å². The minimum Gasteiger partial charge on any atom is -0.454 e. The van der Waals surface area contributed by atoms with Gasteiger partial charge in [-0.05, 0) is 31.5 Å². The van der Waals surface area contributed by atoms with Gasteiger partial charge in [-0.15, -0.1) is 0 Å². The average Bonchev–Trinajstić information content (AvgIpc) is 3.04. The number of amides is 1. The zero-order valence-electron chi connectivity index (χ0n) is 13.0. The van der Waals surface area contributed by atoms with Gasteiger partial charge in [-0.25, -0.2) is 0 Å². The van der Waals surface area contributed by atoms with Crippen LogP contribution in [-0.2, 0) is 4.74 Å². The van der Waals surface area contributed by atoms with Gasteiger partial charge in [-0.3, -0.25) is 9.69 Å². The van der Waals surface area contributed by atoms with E-state index < -0.39 is 0 Å². The monoisotopic (exact) mass is 340 g/mol. The van der Waals surface area contributed by atoms with Crippen molar-refractivity contribution in [1.29, 1.82) is 0 Å². The lowest BCUT2D eigenvalue weighted by Crippen LogP contribution is -2.37. The Morgan fingerprint density at radius 3 is 2.87 bits per heavy atom. The maximum absolute atomic E-state index is 12.2. The molecule has 0 aliphatic carbocycles. The molecule has 2 aliphatic heterocycles. The van der Waals surface area contributed by atoms with Gasteiger partial charge in [0.1, 0.15) is 0 Å². The van der Waals surface area contributed by atoms with Crippen molar-refractivity contribution in [3.8, 4) is 11.5 Å². The Morgan fingerprint density at radius 2 is 2.04 bits per heavy atom. The van der Waals surface area contributed by atoms with E-state index >= 15 is 0 Å². The number of nitrogens with one attached hydrogen (secondary N) is 1. The molecule has 0 saturated carbocycles. The van der Waals surface area contributed by atoms with E-state index in [1.54, 1.807) is 12.1 Å². The topological polar surface area (TPSA) is 60.0 Å². The summed E-state index contributed by atoms with van der Waals surface area (Å²) in [6.07, 6.45) is 2.00. The van der Waals surface area contributed by atoms with E-state index in [0.29, 0.717) is 28.6 Å². The van der Waals surface area contributed by atoms with Crippen LogP contribution >= 0.6 is 11.6 Å². The molecule has 1 aromatic rings. The highest BCUT2D eigenvalue weighted by Crippen LogP contribution is 2.39. The fourth-order valence-corrected chi connectivity index (χ4v) is 2.95. The summed E-state index contributed by atoms with van der Waals surface area (Å²) in [4.78, 5) is 14.6. The molecule has 0 bridgehead atoms. The van der Waals surface area contributed by atoms with E-state index in [1.807, 2.05) is 0 Å². The molecule has 1 saturated heterocycles. The Morgan fingerprint density at radius 1 is 1.22 bits per heavy atom. The largest absolute Gasteiger partial charge is 0.454 e. The van der Waals surface area contributed by atoms with E-state index in [0.717, 1.165) is 45.7 Å². The fraction of sp³-hybridized carbons (Fsp3) is 0.562. The first-order chi connectivity index (χ1) is 11.2. The highest BCUT2D eigenvalue weighted by Gasteiger charge is 2.20. The van der Waals surface area contributed by atoms with E-state index in [9.17, 15) is 4.79 Å².